The Labute approximate surface area is 127 Å². The molecule has 0 aliphatic carbocycles. The molecule has 2 radical (unpaired) electrons. The first-order valence-corrected chi connectivity index (χ1v) is 10.1. The summed E-state index contributed by atoms with van der Waals surface area (Å²) in [5, 5.41) is 0. The first-order chi connectivity index (χ1) is 9.31. The van der Waals surface area contributed by atoms with E-state index < -0.39 is 21.1 Å². The Morgan fingerprint density at radius 2 is 1.21 bits per heavy atom. The molecular weight excluding hydrogens is 335 g/mol. The normalized spacial score (nSPS) is 10.6. The topological polar surface area (TPSA) is 0 Å². The van der Waals surface area contributed by atoms with Crippen LogP contribution in [-0.4, -0.2) is 21.1 Å². The van der Waals surface area contributed by atoms with E-state index in [1.807, 2.05) is 0 Å². The molecule has 98 valence electrons. The molecule has 0 aliphatic rings. The molecule has 0 N–H and O–H groups in total. The summed E-state index contributed by atoms with van der Waals surface area (Å²) in [7, 11) is 0. The molecule has 1 heteroatoms. The van der Waals surface area contributed by atoms with Crippen molar-refractivity contribution in [3.05, 3.63) is 59.7 Å². The van der Waals surface area contributed by atoms with E-state index in [4.69, 9.17) is 0 Å². The van der Waals surface area contributed by atoms with Gasteiger partial charge in [0.25, 0.3) is 0 Å². The van der Waals surface area contributed by atoms with Crippen LogP contribution in [0.2, 0.25) is 0 Å². The average Bonchev–Trinajstić information content (AvgIpc) is 2.40. The van der Waals surface area contributed by atoms with Crippen molar-refractivity contribution in [3.63, 3.8) is 0 Å². The zero-order chi connectivity index (χ0) is 13.5. The molecule has 0 saturated carbocycles. The minimum absolute atomic E-state index is 0.616. The average molecular weight is 357 g/mol. The van der Waals surface area contributed by atoms with Crippen LogP contribution >= 0.6 is 0 Å². The third kappa shape index (κ3) is 4.68. The fraction of sp³-hybridized carbons (Fsp3) is 0.333. The van der Waals surface area contributed by atoms with Crippen molar-refractivity contribution in [1.82, 2.24) is 0 Å². The second-order valence-corrected chi connectivity index (χ2v) is 9.03. The van der Waals surface area contributed by atoms with E-state index in [1.54, 1.807) is 7.16 Å². The van der Waals surface area contributed by atoms with Gasteiger partial charge in [-0.1, -0.05) is 0 Å². The summed E-state index contributed by atoms with van der Waals surface area (Å²) in [5.41, 5.74) is 3.01. The van der Waals surface area contributed by atoms with Gasteiger partial charge in [0.1, 0.15) is 0 Å². The number of hydrogen-bond donors (Lipinski definition) is 0. The second kappa shape index (κ2) is 7.74. The van der Waals surface area contributed by atoms with Gasteiger partial charge in [0.15, 0.2) is 0 Å². The van der Waals surface area contributed by atoms with Crippen molar-refractivity contribution in [2.75, 3.05) is 0 Å². The third-order valence-corrected chi connectivity index (χ3v) is 6.64. The predicted octanol–water partition coefficient (Wildman–Crippen LogP) is 3.25. The molecule has 0 heterocycles. The van der Waals surface area contributed by atoms with Gasteiger partial charge in [-0.25, -0.2) is 0 Å². The summed E-state index contributed by atoms with van der Waals surface area (Å²) in [6.07, 6.45) is 4.90. The molecule has 2 rings (SSSR count). The zero-order valence-electron chi connectivity index (χ0n) is 11.9. The molecule has 0 saturated heterocycles. The second-order valence-electron chi connectivity index (χ2n) is 5.03. The Kier molecular flexibility index (Phi) is 5.96. The van der Waals surface area contributed by atoms with Crippen LogP contribution in [0.3, 0.4) is 0 Å². The Balaban J connectivity index is 2.11. The SMILES string of the molecule is CCCc1ccc[c]([Sn][c]2cccc(CCC)c2)c1. The van der Waals surface area contributed by atoms with Crippen LogP contribution < -0.4 is 7.16 Å². The number of rotatable bonds is 6. The molecule has 0 aliphatic heterocycles. The van der Waals surface area contributed by atoms with Crippen molar-refractivity contribution in [2.24, 2.45) is 0 Å². The van der Waals surface area contributed by atoms with E-state index in [1.165, 1.54) is 36.8 Å². The molecule has 0 fully saturated rings. The molecule has 19 heavy (non-hydrogen) atoms. The molecule has 0 unspecified atom stereocenters. The van der Waals surface area contributed by atoms with Crippen LogP contribution in [0.1, 0.15) is 37.8 Å². The first-order valence-electron chi connectivity index (χ1n) is 7.26. The van der Waals surface area contributed by atoms with E-state index in [0.717, 1.165) is 0 Å². The third-order valence-electron chi connectivity index (χ3n) is 3.22. The summed E-state index contributed by atoms with van der Waals surface area (Å²) < 4.78 is 3.20. The van der Waals surface area contributed by atoms with Crippen molar-refractivity contribution in [3.8, 4) is 0 Å². The molecule has 0 bridgehead atoms. The molecule has 0 nitrogen and oxygen atoms in total. The summed E-state index contributed by atoms with van der Waals surface area (Å²) in [6, 6.07) is 18.5. The van der Waals surface area contributed by atoms with Gasteiger partial charge >= 0.3 is 127 Å². The summed E-state index contributed by atoms with van der Waals surface area (Å²) in [4.78, 5) is 0. The first kappa shape index (κ1) is 14.6. The molecule has 2 aromatic rings. The summed E-state index contributed by atoms with van der Waals surface area (Å²) in [6.45, 7) is 4.50. The van der Waals surface area contributed by atoms with Crippen molar-refractivity contribution >= 4 is 28.3 Å². The fourth-order valence-corrected chi connectivity index (χ4v) is 5.80. The van der Waals surface area contributed by atoms with Gasteiger partial charge < -0.3 is 0 Å². The molecule has 0 atom stereocenters. The molecule has 0 spiro atoms. The van der Waals surface area contributed by atoms with Gasteiger partial charge in [-0.05, 0) is 0 Å². The van der Waals surface area contributed by atoms with Gasteiger partial charge in [0, 0.05) is 0 Å². The van der Waals surface area contributed by atoms with Crippen LogP contribution in [0.4, 0.5) is 0 Å². The van der Waals surface area contributed by atoms with E-state index in [2.05, 4.69) is 62.4 Å². The maximum atomic E-state index is 2.43. The van der Waals surface area contributed by atoms with E-state index >= 15 is 0 Å². The monoisotopic (exact) mass is 358 g/mol. The zero-order valence-corrected chi connectivity index (χ0v) is 14.8. The Morgan fingerprint density at radius 3 is 1.63 bits per heavy atom. The van der Waals surface area contributed by atoms with Gasteiger partial charge in [-0.15, -0.1) is 0 Å². The minimum atomic E-state index is -0.616. The van der Waals surface area contributed by atoms with Crippen molar-refractivity contribution in [1.29, 1.82) is 0 Å². The van der Waals surface area contributed by atoms with Crippen molar-refractivity contribution < 1.29 is 0 Å². The van der Waals surface area contributed by atoms with E-state index in [-0.39, 0.29) is 0 Å². The number of hydrogen-bond acceptors (Lipinski definition) is 0. The van der Waals surface area contributed by atoms with E-state index in [0.29, 0.717) is 0 Å². The Morgan fingerprint density at radius 1 is 0.737 bits per heavy atom. The van der Waals surface area contributed by atoms with Crippen LogP contribution in [0, 0.1) is 0 Å². The molecular formula is C18H22Sn. The predicted molar refractivity (Wildman–Crippen MR) is 85.9 cm³/mol. The van der Waals surface area contributed by atoms with Gasteiger partial charge in [-0.2, -0.15) is 0 Å². The van der Waals surface area contributed by atoms with Crippen LogP contribution in [0.25, 0.3) is 0 Å². The Bertz CT molecular complexity index is 469. The van der Waals surface area contributed by atoms with Gasteiger partial charge in [0.2, 0.25) is 0 Å². The fourth-order valence-electron chi connectivity index (χ4n) is 2.35. The quantitative estimate of drug-likeness (QED) is 0.697. The van der Waals surface area contributed by atoms with Crippen LogP contribution in [0.15, 0.2) is 48.5 Å². The summed E-state index contributed by atoms with van der Waals surface area (Å²) in [5.74, 6) is 0. The van der Waals surface area contributed by atoms with Crippen LogP contribution in [-0.2, 0) is 12.8 Å². The molecule has 2 aromatic carbocycles. The molecule has 0 amide bonds. The Hall–Kier alpha value is -0.761. The van der Waals surface area contributed by atoms with Gasteiger partial charge in [0.05, 0.1) is 0 Å². The standard InChI is InChI=1S/2C9H11.Sn/c2*1-2-6-9-7-4-3-5-8-9;/h2*3-4,7-8H,2,6H2,1H3;. The maximum absolute atomic E-state index is 2.43. The van der Waals surface area contributed by atoms with Crippen LogP contribution in [0.5, 0.6) is 0 Å². The van der Waals surface area contributed by atoms with Gasteiger partial charge in [-0.3, -0.25) is 0 Å². The number of aryl methyl sites for hydroxylation is 2. The number of benzene rings is 2. The van der Waals surface area contributed by atoms with E-state index in [9.17, 15) is 0 Å². The summed E-state index contributed by atoms with van der Waals surface area (Å²) >= 11 is -0.616. The van der Waals surface area contributed by atoms with Crippen molar-refractivity contribution in [2.45, 2.75) is 39.5 Å². The molecule has 0 aromatic heterocycles.